The van der Waals surface area contributed by atoms with Gasteiger partial charge in [0.15, 0.2) is 5.82 Å². The van der Waals surface area contributed by atoms with Crippen LogP contribution in [0.2, 0.25) is 0 Å². The molecule has 0 saturated carbocycles. The van der Waals surface area contributed by atoms with E-state index in [4.69, 9.17) is 5.73 Å². The largest absolute Gasteiger partial charge is 0.324 e. The smallest absolute Gasteiger partial charge is 0.153 e. The van der Waals surface area contributed by atoms with Crippen LogP contribution in [0, 0.1) is 6.92 Å². The summed E-state index contributed by atoms with van der Waals surface area (Å²) in [5, 5.41) is 4.28. The maximum Gasteiger partial charge on any atom is 0.153 e. The summed E-state index contributed by atoms with van der Waals surface area (Å²) >= 11 is 0. The van der Waals surface area contributed by atoms with E-state index in [1.54, 1.807) is 17.1 Å². The molecule has 0 aliphatic rings. The van der Waals surface area contributed by atoms with Crippen molar-refractivity contribution in [2.75, 3.05) is 0 Å². The van der Waals surface area contributed by atoms with Gasteiger partial charge in [0.25, 0.3) is 0 Å². The monoisotopic (exact) mass is 202 g/mol. The lowest BCUT2D eigenvalue weighted by Gasteiger charge is -2.05. The molecule has 0 spiro atoms. The van der Waals surface area contributed by atoms with Gasteiger partial charge >= 0.3 is 0 Å². The summed E-state index contributed by atoms with van der Waals surface area (Å²) in [6.07, 6.45) is 3.55. The summed E-state index contributed by atoms with van der Waals surface area (Å²) in [6.45, 7) is 3.95. The van der Waals surface area contributed by atoms with Gasteiger partial charge in [0.1, 0.15) is 0 Å². The molecule has 78 valence electrons. The zero-order chi connectivity index (χ0) is 10.8. The van der Waals surface area contributed by atoms with Gasteiger partial charge < -0.3 is 5.73 Å². The maximum absolute atomic E-state index is 5.83. The molecule has 2 heterocycles. The number of hydrogen-bond donors (Lipinski definition) is 1. The van der Waals surface area contributed by atoms with E-state index < -0.39 is 0 Å². The average molecular weight is 202 g/mol. The molecule has 15 heavy (non-hydrogen) atoms. The minimum atomic E-state index is 0.00228. The molecular formula is C11H14N4. The van der Waals surface area contributed by atoms with E-state index >= 15 is 0 Å². The summed E-state index contributed by atoms with van der Waals surface area (Å²) < 4.78 is 1.80. The molecule has 2 rings (SSSR count). The Morgan fingerprint density at radius 1 is 1.40 bits per heavy atom. The maximum atomic E-state index is 5.83. The van der Waals surface area contributed by atoms with Crippen molar-refractivity contribution in [3.8, 4) is 5.82 Å². The van der Waals surface area contributed by atoms with Gasteiger partial charge in [-0.3, -0.25) is 0 Å². The fourth-order valence-corrected chi connectivity index (χ4v) is 1.58. The van der Waals surface area contributed by atoms with Crippen LogP contribution in [0.25, 0.3) is 5.82 Å². The highest BCUT2D eigenvalue weighted by Gasteiger charge is 2.11. The first kappa shape index (κ1) is 9.86. The van der Waals surface area contributed by atoms with Crippen molar-refractivity contribution in [1.29, 1.82) is 0 Å². The van der Waals surface area contributed by atoms with Crippen molar-refractivity contribution < 1.29 is 0 Å². The molecule has 1 atom stereocenters. The molecular weight excluding hydrogens is 188 g/mol. The van der Waals surface area contributed by atoms with E-state index in [9.17, 15) is 0 Å². The Morgan fingerprint density at radius 3 is 2.73 bits per heavy atom. The Bertz CT molecular complexity index is 445. The Morgan fingerprint density at radius 2 is 2.20 bits per heavy atom. The normalized spacial score (nSPS) is 12.7. The lowest BCUT2D eigenvalue weighted by atomic mass is 10.1. The zero-order valence-corrected chi connectivity index (χ0v) is 8.88. The first-order valence-corrected chi connectivity index (χ1v) is 4.91. The second-order valence-corrected chi connectivity index (χ2v) is 3.57. The van der Waals surface area contributed by atoms with Crippen LogP contribution >= 0.6 is 0 Å². The van der Waals surface area contributed by atoms with Gasteiger partial charge in [0.2, 0.25) is 0 Å². The summed E-state index contributed by atoms with van der Waals surface area (Å²) in [5.41, 5.74) is 7.93. The topological polar surface area (TPSA) is 56.7 Å². The summed E-state index contributed by atoms with van der Waals surface area (Å²) in [4.78, 5) is 4.24. The molecule has 0 aliphatic heterocycles. The molecule has 2 aromatic rings. The van der Waals surface area contributed by atoms with Crippen molar-refractivity contribution in [2.24, 2.45) is 5.73 Å². The molecule has 0 radical (unpaired) electrons. The van der Waals surface area contributed by atoms with E-state index in [1.807, 2.05) is 32.0 Å². The van der Waals surface area contributed by atoms with E-state index in [0.29, 0.717) is 0 Å². The van der Waals surface area contributed by atoms with Gasteiger partial charge in [-0.1, -0.05) is 6.07 Å². The number of pyridine rings is 1. The van der Waals surface area contributed by atoms with Crippen molar-refractivity contribution in [3.05, 3.63) is 41.9 Å². The quantitative estimate of drug-likeness (QED) is 0.804. The number of nitrogens with two attached hydrogens (primary N) is 1. The molecule has 0 fully saturated rings. The number of aromatic nitrogens is 3. The molecule has 0 aliphatic carbocycles. The van der Waals surface area contributed by atoms with Crippen LogP contribution in [-0.2, 0) is 0 Å². The summed E-state index contributed by atoms with van der Waals surface area (Å²) in [7, 11) is 0. The van der Waals surface area contributed by atoms with Crippen LogP contribution in [-0.4, -0.2) is 14.8 Å². The summed E-state index contributed by atoms with van der Waals surface area (Å²) in [5.74, 6) is 0.821. The van der Waals surface area contributed by atoms with Gasteiger partial charge in [-0.05, 0) is 26.0 Å². The second kappa shape index (κ2) is 3.82. The molecule has 4 heteroatoms. The van der Waals surface area contributed by atoms with Gasteiger partial charge in [-0.25, -0.2) is 9.67 Å². The van der Waals surface area contributed by atoms with Crippen molar-refractivity contribution >= 4 is 0 Å². The van der Waals surface area contributed by atoms with E-state index in [1.165, 1.54) is 0 Å². The standard InChI is InChI=1S/C11H14N4/c1-8(12)10-7-14-15(9(10)2)11-5-3-4-6-13-11/h3-8H,12H2,1-2H3/t8-/m0/s1. The fraction of sp³-hybridized carbons (Fsp3) is 0.273. The van der Waals surface area contributed by atoms with Crippen LogP contribution in [0.5, 0.6) is 0 Å². The first-order valence-electron chi connectivity index (χ1n) is 4.91. The fourth-order valence-electron chi connectivity index (χ4n) is 1.58. The molecule has 0 aromatic carbocycles. The molecule has 4 nitrogen and oxygen atoms in total. The van der Waals surface area contributed by atoms with Crippen molar-refractivity contribution in [1.82, 2.24) is 14.8 Å². The van der Waals surface area contributed by atoms with Crippen LogP contribution < -0.4 is 5.73 Å². The van der Waals surface area contributed by atoms with Crippen LogP contribution in [0.4, 0.5) is 0 Å². The Balaban J connectivity index is 2.47. The Labute approximate surface area is 88.8 Å². The summed E-state index contributed by atoms with van der Waals surface area (Å²) in [6, 6.07) is 5.75. The predicted molar refractivity (Wildman–Crippen MR) is 58.7 cm³/mol. The van der Waals surface area contributed by atoms with Gasteiger partial charge in [0.05, 0.1) is 6.20 Å². The minimum Gasteiger partial charge on any atom is -0.324 e. The molecule has 0 bridgehead atoms. The third kappa shape index (κ3) is 1.76. The van der Waals surface area contributed by atoms with Gasteiger partial charge in [-0.15, -0.1) is 0 Å². The highest BCUT2D eigenvalue weighted by molar-refractivity contribution is 5.29. The van der Waals surface area contributed by atoms with Crippen LogP contribution in [0.3, 0.4) is 0 Å². The van der Waals surface area contributed by atoms with Gasteiger partial charge in [0, 0.05) is 23.5 Å². The third-order valence-corrected chi connectivity index (χ3v) is 2.40. The molecule has 2 N–H and O–H groups in total. The number of hydrogen-bond acceptors (Lipinski definition) is 3. The molecule has 0 saturated heterocycles. The second-order valence-electron chi connectivity index (χ2n) is 3.57. The molecule has 0 unspecified atom stereocenters. The highest BCUT2D eigenvalue weighted by Crippen LogP contribution is 2.16. The number of rotatable bonds is 2. The Kier molecular flexibility index (Phi) is 2.51. The minimum absolute atomic E-state index is 0.00228. The van der Waals surface area contributed by atoms with Crippen LogP contribution in [0.1, 0.15) is 24.2 Å². The lowest BCUT2D eigenvalue weighted by molar-refractivity contribution is 0.787. The van der Waals surface area contributed by atoms with Crippen molar-refractivity contribution in [3.63, 3.8) is 0 Å². The number of nitrogens with zero attached hydrogens (tertiary/aromatic N) is 3. The SMILES string of the molecule is Cc1c([C@H](C)N)cnn1-c1ccccn1. The third-order valence-electron chi connectivity index (χ3n) is 2.40. The predicted octanol–water partition coefficient (Wildman–Crippen LogP) is 1.60. The molecule has 0 amide bonds. The average Bonchev–Trinajstić information content (AvgIpc) is 2.61. The van der Waals surface area contributed by atoms with E-state index in [-0.39, 0.29) is 6.04 Å². The molecule has 2 aromatic heterocycles. The van der Waals surface area contributed by atoms with Crippen molar-refractivity contribution in [2.45, 2.75) is 19.9 Å². The van der Waals surface area contributed by atoms with E-state index in [2.05, 4.69) is 10.1 Å². The lowest BCUT2D eigenvalue weighted by Crippen LogP contribution is -2.07. The highest BCUT2D eigenvalue weighted by atomic mass is 15.3. The zero-order valence-electron chi connectivity index (χ0n) is 8.88. The van der Waals surface area contributed by atoms with Crippen LogP contribution in [0.15, 0.2) is 30.6 Å². The van der Waals surface area contributed by atoms with E-state index in [0.717, 1.165) is 17.1 Å². The Hall–Kier alpha value is -1.68. The first-order chi connectivity index (χ1) is 7.20. The van der Waals surface area contributed by atoms with Gasteiger partial charge in [-0.2, -0.15) is 5.10 Å².